The largest absolute Gasteiger partial charge is 0.497 e. The van der Waals surface area contributed by atoms with Crippen LogP contribution in [0.25, 0.3) is 0 Å². The average Bonchev–Trinajstić information content (AvgIpc) is 2.64. The SMILES string of the molecule is O=S(=O)(C1CC2=C3C(=CN=CC2)COC3C1)C(F)(F)F. The van der Waals surface area contributed by atoms with E-state index < -0.39 is 26.7 Å². The van der Waals surface area contributed by atoms with Gasteiger partial charge in [0.2, 0.25) is 0 Å². The standard InChI is InChI=1S/C12H12F3NO3S/c13-12(14,15)20(17,18)9-3-7-1-2-16-5-8-6-19-10(4-9)11(7)8/h2,5,9-10H,1,3-4,6H2. The molecule has 1 fully saturated rings. The Bertz CT molecular complexity index is 631. The van der Waals surface area contributed by atoms with Crippen molar-refractivity contribution in [2.75, 3.05) is 6.61 Å². The van der Waals surface area contributed by atoms with Crippen molar-refractivity contribution in [2.24, 2.45) is 4.99 Å². The van der Waals surface area contributed by atoms with Crippen LogP contribution >= 0.6 is 0 Å². The normalized spacial score (nSPS) is 30.1. The van der Waals surface area contributed by atoms with Gasteiger partial charge in [-0.25, -0.2) is 8.42 Å². The second-order valence-electron chi connectivity index (χ2n) is 5.06. The Balaban J connectivity index is 1.99. The lowest BCUT2D eigenvalue weighted by Crippen LogP contribution is -2.39. The summed E-state index contributed by atoms with van der Waals surface area (Å²) >= 11 is 0. The second-order valence-corrected chi connectivity index (χ2v) is 7.28. The van der Waals surface area contributed by atoms with Crippen LogP contribution in [0.5, 0.6) is 0 Å². The predicted molar refractivity (Wildman–Crippen MR) is 66.0 cm³/mol. The molecule has 1 aliphatic carbocycles. The minimum absolute atomic E-state index is 0.0968. The molecule has 3 aliphatic rings. The van der Waals surface area contributed by atoms with Gasteiger partial charge in [-0.15, -0.1) is 0 Å². The molecule has 2 aliphatic heterocycles. The van der Waals surface area contributed by atoms with Crippen LogP contribution in [0.2, 0.25) is 0 Å². The Morgan fingerprint density at radius 3 is 2.80 bits per heavy atom. The summed E-state index contributed by atoms with van der Waals surface area (Å²) in [5, 5.41) is -1.46. The van der Waals surface area contributed by atoms with Gasteiger partial charge in [0.15, 0.2) is 0 Å². The molecule has 0 aromatic heterocycles. The maximum atomic E-state index is 12.7. The average molecular weight is 307 g/mol. The molecule has 3 rings (SSSR count). The zero-order valence-corrected chi connectivity index (χ0v) is 11.2. The van der Waals surface area contributed by atoms with Gasteiger partial charge in [0.1, 0.15) is 0 Å². The van der Waals surface area contributed by atoms with Crippen LogP contribution in [0.3, 0.4) is 0 Å². The van der Waals surface area contributed by atoms with E-state index in [-0.39, 0.29) is 19.4 Å². The summed E-state index contributed by atoms with van der Waals surface area (Å²) in [6.07, 6.45) is 2.81. The smallest absolute Gasteiger partial charge is 0.369 e. The third-order valence-electron chi connectivity index (χ3n) is 3.87. The molecule has 110 valence electrons. The highest BCUT2D eigenvalue weighted by molar-refractivity contribution is 7.92. The fourth-order valence-electron chi connectivity index (χ4n) is 2.94. The number of ether oxygens (including phenoxy) is 1. The van der Waals surface area contributed by atoms with Crippen molar-refractivity contribution in [2.45, 2.75) is 36.1 Å². The summed E-state index contributed by atoms with van der Waals surface area (Å²) in [4.78, 5) is 4.03. The van der Waals surface area contributed by atoms with Gasteiger partial charge in [0.25, 0.3) is 9.84 Å². The molecule has 0 saturated carbocycles. The zero-order chi connectivity index (χ0) is 14.5. The summed E-state index contributed by atoms with van der Waals surface area (Å²) in [6, 6.07) is 0. The van der Waals surface area contributed by atoms with Gasteiger partial charge in [-0.2, -0.15) is 13.2 Å². The molecule has 1 saturated heterocycles. The first-order chi connectivity index (χ1) is 9.30. The molecule has 2 heterocycles. The number of allylic oxidation sites excluding steroid dienone is 1. The Morgan fingerprint density at radius 2 is 2.10 bits per heavy atom. The van der Waals surface area contributed by atoms with Crippen molar-refractivity contribution in [1.29, 1.82) is 0 Å². The summed E-state index contributed by atoms with van der Waals surface area (Å²) in [7, 11) is -5.16. The van der Waals surface area contributed by atoms with E-state index in [2.05, 4.69) is 4.99 Å². The zero-order valence-electron chi connectivity index (χ0n) is 10.4. The first-order valence-electron chi connectivity index (χ1n) is 6.15. The van der Waals surface area contributed by atoms with E-state index in [1.54, 1.807) is 12.4 Å². The Hall–Kier alpha value is -1.15. The number of aliphatic imine (C=N–C) groups is 1. The van der Waals surface area contributed by atoms with Crippen LogP contribution in [-0.2, 0) is 14.6 Å². The maximum absolute atomic E-state index is 12.7. The highest BCUT2D eigenvalue weighted by Crippen LogP contribution is 2.43. The number of halogens is 3. The first kappa shape index (κ1) is 13.8. The highest BCUT2D eigenvalue weighted by Gasteiger charge is 2.53. The summed E-state index contributed by atoms with van der Waals surface area (Å²) < 4.78 is 66.7. The second kappa shape index (κ2) is 4.42. The van der Waals surface area contributed by atoms with E-state index in [9.17, 15) is 21.6 Å². The molecular weight excluding hydrogens is 295 g/mol. The minimum atomic E-state index is -5.22. The van der Waals surface area contributed by atoms with E-state index in [4.69, 9.17) is 4.74 Å². The monoisotopic (exact) mass is 307 g/mol. The Kier molecular flexibility index (Phi) is 3.06. The van der Waals surface area contributed by atoms with E-state index in [0.717, 1.165) is 11.1 Å². The van der Waals surface area contributed by atoms with Crippen LogP contribution in [0.1, 0.15) is 19.3 Å². The molecular formula is C12H12F3NO3S. The lowest BCUT2D eigenvalue weighted by molar-refractivity contribution is -0.0449. The van der Waals surface area contributed by atoms with Crippen molar-refractivity contribution >= 4 is 16.1 Å². The maximum Gasteiger partial charge on any atom is 0.497 e. The molecule has 0 N–H and O–H groups in total. The topological polar surface area (TPSA) is 55.7 Å². The Labute approximate surface area is 113 Å². The lowest BCUT2D eigenvalue weighted by atomic mass is 9.86. The molecule has 0 radical (unpaired) electrons. The molecule has 0 aromatic carbocycles. The number of alkyl halides is 3. The van der Waals surface area contributed by atoms with Crippen LogP contribution in [0.15, 0.2) is 27.9 Å². The molecule has 4 nitrogen and oxygen atoms in total. The number of hydrogen-bond donors (Lipinski definition) is 0. The third kappa shape index (κ3) is 2.01. The molecule has 20 heavy (non-hydrogen) atoms. The molecule has 0 bridgehead atoms. The van der Waals surface area contributed by atoms with Crippen molar-refractivity contribution in [3.8, 4) is 0 Å². The molecule has 2 atom stereocenters. The van der Waals surface area contributed by atoms with Gasteiger partial charge < -0.3 is 4.74 Å². The quantitative estimate of drug-likeness (QED) is 0.746. The van der Waals surface area contributed by atoms with Crippen LogP contribution in [0.4, 0.5) is 13.2 Å². The van der Waals surface area contributed by atoms with Crippen molar-refractivity contribution in [3.63, 3.8) is 0 Å². The molecule has 0 spiro atoms. The van der Waals surface area contributed by atoms with Gasteiger partial charge >= 0.3 is 5.51 Å². The molecule has 0 amide bonds. The highest BCUT2D eigenvalue weighted by atomic mass is 32.2. The molecule has 8 heteroatoms. The number of sulfone groups is 1. The fraction of sp³-hybridized carbons (Fsp3) is 0.583. The predicted octanol–water partition coefficient (Wildman–Crippen LogP) is 2.14. The number of nitrogens with zero attached hydrogens (tertiary/aromatic N) is 1. The fourth-order valence-corrected chi connectivity index (χ4v) is 4.16. The van der Waals surface area contributed by atoms with Gasteiger partial charge in [-0.3, -0.25) is 4.99 Å². The number of hydrogen-bond acceptors (Lipinski definition) is 4. The van der Waals surface area contributed by atoms with Gasteiger partial charge in [-0.1, -0.05) is 5.57 Å². The van der Waals surface area contributed by atoms with Crippen molar-refractivity contribution in [3.05, 3.63) is 22.9 Å². The van der Waals surface area contributed by atoms with Gasteiger partial charge in [0.05, 0.1) is 18.0 Å². The van der Waals surface area contributed by atoms with E-state index in [1.165, 1.54) is 0 Å². The van der Waals surface area contributed by atoms with Crippen LogP contribution < -0.4 is 0 Å². The lowest BCUT2D eigenvalue weighted by Gasteiger charge is -2.29. The molecule has 2 unspecified atom stereocenters. The van der Waals surface area contributed by atoms with Crippen LogP contribution in [-0.4, -0.2) is 38.1 Å². The van der Waals surface area contributed by atoms with E-state index in [1.807, 2.05) is 0 Å². The molecule has 0 aromatic rings. The van der Waals surface area contributed by atoms with Gasteiger partial charge in [-0.05, 0) is 18.4 Å². The number of rotatable bonds is 1. The minimum Gasteiger partial charge on any atom is -0.369 e. The van der Waals surface area contributed by atoms with E-state index >= 15 is 0 Å². The van der Waals surface area contributed by atoms with Crippen LogP contribution in [0, 0.1) is 0 Å². The first-order valence-corrected chi connectivity index (χ1v) is 7.70. The van der Waals surface area contributed by atoms with Crippen molar-refractivity contribution in [1.82, 2.24) is 0 Å². The summed E-state index contributed by atoms with van der Waals surface area (Å²) in [5.41, 5.74) is -2.81. The van der Waals surface area contributed by atoms with E-state index in [0.29, 0.717) is 12.0 Å². The Morgan fingerprint density at radius 1 is 1.35 bits per heavy atom. The third-order valence-corrected chi connectivity index (χ3v) is 5.76. The summed E-state index contributed by atoms with van der Waals surface area (Å²) in [6.45, 7) is 0.277. The van der Waals surface area contributed by atoms with Crippen molar-refractivity contribution < 1.29 is 26.3 Å². The van der Waals surface area contributed by atoms with Gasteiger partial charge in [0, 0.05) is 24.4 Å². The summed E-state index contributed by atoms with van der Waals surface area (Å²) in [5.74, 6) is 0.